The van der Waals surface area contributed by atoms with Crippen LogP contribution in [0, 0.1) is 0 Å². The van der Waals surface area contributed by atoms with E-state index < -0.39 is 5.54 Å². The van der Waals surface area contributed by atoms with E-state index in [9.17, 15) is 9.59 Å². The molecule has 4 rings (SSSR count). The molecule has 0 spiro atoms. The first kappa shape index (κ1) is 20.2. The summed E-state index contributed by atoms with van der Waals surface area (Å²) in [5.74, 6) is -0.479. The average Bonchev–Trinajstić information content (AvgIpc) is 2.71. The Kier molecular flexibility index (Phi) is 5.62. The van der Waals surface area contributed by atoms with Crippen molar-refractivity contribution in [3.8, 4) is 0 Å². The van der Waals surface area contributed by atoms with Gasteiger partial charge >= 0.3 is 0 Å². The highest BCUT2D eigenvalue weighted by molar-refractivity contribution is 6.31. The van der Waals surface area contributed by atoms with Crippen molar-refractivity contribution in [3.05, 3.63) is 101 Å². The largest absolute Gasteiger partial charge is 0.324 e. The van der Waals surface area contributed by atoms with Crippen molar-refractivity contribution < 1.29 is 9.59 Å². The maximum absolute atomic E-state index is 13.4. The Bertz CT molecular complexity index is 1130. The van der Waals surface area contributed by atoms with E-state index >= 15 is 0 Å². The molecule has 3 aromatic rings. The summed E-state index contributed by atoms with van der Waals surface area (Å²) in [6.45, 7) is 0. The molecule has 1 saturated heterocycles. The van der Waals surface area contributed by atoms with Crippen molar-refractivity contribution in [3.63, 3.8) is 0 Å². The van der Waals surface area contributed by atoms with Crippen LogP contribution in [0.25, 0.3) is 6.08 Å². The van der Waals surface area contributed by atoms with E-state index in [0.29, 0.717) is 21.4 Å². The Labute approximate surface area is 184 Å². The van der Waals surface area contributed by atoms with Crippen LogP contribution >= 0.6 is 23.2 Å². The minimum atomic E-state index is -1.18. The minimum Gasteiger partial charge on any atom is -0.324 e. The van der Waals surface area contributed by atoms with Crippen LogP contribution in [-0.4, -0.2) is 17.4 Å². The highest BCUT2D eigenvalue weighted by Crippen LogP contribution is 2.40. The van der Waals surface area contributed by atoms with Crippen LogP contribution in [0.15, 0.2) is 84.9 Å². The normalized spacial score (nSPS) is 18.3. The molecule has 1 N–H and O–H groups in total. The predicted octanol–water partition coefficient (Wildman–Crippen LogP) is 5.82. The lowest BCUT2D eigenvalue weighted by molar-refractivity contribution is -0.134. The smallest absolute Gasteiger partial charge is 0.255 e. The molecule has 150 valence electrons. The van der Waals surface area contributed by atoms with Crippen molar-refractivity contribution in [2.45, 2.75) is 12.0 Å². The van der Waals surface area contributed by atoms with Gasteiger partial charge in [-0.25, -0.2) is 0 Å². The van der Waals surface area contributed by atoms with Gasteiger partial charge in [0.25, 0.3) is 5.91 Å². The minimum absolute atomic E-state index is 0.0508. The first-order valence-electron chi connectivity index (χ1n) is 9.38. The quantitative estimate of drug-likeness (QED) is 0.512. The molecule has 1 atom stereocenters. The number of hydrogen-bond acceptors (Lipinski definition) is 2. The zero-order valence-electron chi connectivity index (χ0n) is 15.9. The molecule has 0 aliphatic carbocycles. The van der Waals surface area contributed by atoms with E-state index in [1.165, 1.54) is 4.90 Å². The van der Waals surface area contributed by atoms with Crippen LogP contribution in [0.3, 0.4) is 0 Å². The zero-order valence-corrected chi connectivity index (χ0v) is 17.4. The van der Waals surface area contributed by atoms with Gasteiger partial charge in [0.1, 0.15) is 0 Å². The Morgan fingerprint density at radius 2 is 1.63 bits per heavy atom. The molecule has 0 aromatic heterocycles. The van der Waals surface area contributed by atoms with E-state index in [1.807, 2.05) is 36.4 Å². The van der Waals surface area contributed by atoms with Gasteiger partial charge in [0.05, 0.1) is 6.42 Å². The lowest BCUT2D eigenvalue weighted by Crippen LogP contribution is -2.68. The Morgan fingerprint density at radius 1 is 0.933 bits per heavy atom. The monoisotopic (exact) mass is 436 g/mol. The molecule has 6 heteroatoms. The summed E-state index contributed by atoms with van der Waals surface area (Å²) in [7, 11) is 0. The third-order valence-corrected chi connectivity index (χ3v) is 5.43. The molecule has 0 saturated carbocycles. The van der Waals surface area contributed by atoms with Crippen LogP contribution in [0.5, 0.6) is 0 Å². The van der Waals surface area contributed by atoms with Gasteiger partial charge in [-0.3, -0.25) is 14.5 Å². The van der Waals surface area contributed by atoms with Gasteiger partial charge in [-0.1, -0.05) is 71.7 Å². The molecule has 0 radical (unpaired) electrons. The highest BCUT2D eigenvalue weighted by atomic mass is 35.5. The number of nitrogens with one attached hydrogen (secondary N) is 1. The molecule has 1 unspecified atom stereocenters. The fourth-order valence-corrected chi connectivity index (χ4v) is 3.88. The number of nitrogens with zero attached hydrogens (tertiary/aromatic N) is 1. The van der Waals surface area contributed by atoms with Gasteiger partial charge in [-0.05, 0) is 48.0 Å². The van der Waals surface area contributed by atoms with Crippen LogP contribution in [-0.2, 0) is 9.59 Å². The zero-order chi connectivity index (χ0) is 21.1. The van der Waals surface area contributed by atoms with E-state index in [0.717, 1.165) is 5.56 Å². The number of benzene rings is 3. The molecule has 1 aliphatic rings. The molecule has 0 bridgehead atoms. The van der Waals surface area contributed by atoms with Crippen molar-refractivity contribution in [1.29, 1.82) is 0 Å². The second-order valence-electron chi connectivity index (χ2n) is 7.02. The second-order valence-corrected chi connectivity index (χ2v) is 7.89. The number of carbonyl (C=O) groups is 2. The van der Waals surface area contributed by atoms with Gasteiger partial charge in [0.2, 0.25) is 5.91 Å². The van der Waals surface area contributed by atoms with Crippen LogP contribution in [0.4, 0.5) is 11.4 Å². The van der Waals surface area contributed by atoms with Crippen molar-refractivity contribution in [2.75, 3.05) is 10.2 Å². The van der Waals surface area contributed by atoms with Gasteiger partial charge in [-0.15, -0.1) is 0 Å². The SMILES string of the molecule is O=C1CC(C=Cc2ccccc2)(C(=O)Nc2cccc(Cl)c2)N1c1cccc(Cl)c1. The van der Waals surface area contributed by atoms with E-state index in [-0.39, 0.29) is 18.2 Å². The van der Waals surface area contributed by atoms with E-state index in [1.54, 1.807) is 54.6 Å². The molecule has 1 fully saturated rings. The molecule has 30 heavy (non-hydrogen) atoms. The summed E-state index contributed by atoms with van der Waals surface area (Å²) in [5.41, 5.74) is 0.876. The highest BCUT2D eigenvalue weighted by Gasteiger charge is 2.55. The predicted molar refractivity (Wildman–Crippen MR) is 122 cm³/mol. The Morgan fingerprint density at radius 3 is 2.30 bits per heavy atom. The summed E-state index contributed by atoms with van der Waals surface area (Å²) >= 11 is 12.2. The molecule has 1 heterocycles. The van der Waals surface area contributed by atoms with Crippen molar-refractivity contribution >= 4 is 52.5 Å². The van der Waals surface area contributed by atoms with Gasteiger partial charge in [0.15, 0.2) is 5.54 Å². The maximum Gasteiger partial charge on any atom is 0.255 e. The fourth-order valence-electron chi connectivity index (χ4n) is 3.50. The number of amides is 2. The summed E-state index contributed by atoms with van der Waals surface area (Å²) in [4.78, 5) is 27.5. The molecular weight excluding hydrogens is 419 g/mol. The number of anilines is 2. The summed E-state index contributed by atoms with van der Waals surface area (Å²) in [6.07, 6.45) is 3.67. The number of β-lactam (4-membered cyclic amide) rings is 1. The molecule has 1 aliphatic heterocycles. The van der Waals surface area contributed by atoms with Crippen LogP contribution in [0.2, 0.25) is 10.0 Å². The fraction of sp³-hybridized carbons (Fsp3) is 0.0833. The number of halogens is 2. The summed E-state index contributed by atoms with van der Waals surface area (Å²) < 4.78 is 0. The van der Waals surface area contributed by atoms with Crippen molar-refractivity contribution in [1.82, 2.24) is 0 Å². The standard InChI is InChI=1S/C24H18Cl2N2O2/c25-18-8-4-10-20(14-18)27-23(30)24(13-12-17-6-2-1-3-7-17)16-22(29)28(24)21-11-5-9-19(26)15-21/h1-15H,16H2,(H,27,30). The molecule has 3 aromatic carbocycles. The Balaban J connectivity index is 1.73. The lowest BCUT2D eigenvalue weighted by Gasteiger charge is -2.48. The number of carbonyl (C=O) groups excluding carboxylic acids is 2. The number of rotatable bonds is 5. The topological polar surface area (TPSA) is 49.4 Å². The first-order chi connectivity index (χ1) is 14.5. The molecule has 4 nitrogen and oxygen atoms in total. The third kappa shape index (κ3) is 3.97. The lowest BCUT2D eigenvalue weighted by atomic mass is 9.81. The van der Waals surface area contributed by atoms with Crippen molar-refractivity contribution in [2.24, 2.45) is 0 Å². The Hall–Kier alpha value is -3.08. The first-order valence-corrected chi connectivity index (χ1v) is 10.1. The summed E-state index contributed by atoms with van der Waals surface area (Å²) in [5, 5.41) is 3.90. The average molecular weight is 437 g/mol. The van der Waals surface area contributed by atoms with E-state index in [4.69, 9.17) is 23.2 Å². The molecular formula is C24H18Cl2N2O2. The van der Waals surface area contributed by atoms with Gasteiger partial charge in [-0.2, -0.15) is 0 Å². The van der Waals surface area contributed by atoms with Crippen LogP contribution in [0.1, 0.15) is 12.0 Å². The summed E-state index contributed by atoms with van der Waals surface area (Å²) in [6, 6.07) is 23.4. The number of hydrogen-bond donors (Lipinski definition) is 1. The third-order valence-electron chi connectivity index (χ3n) is 4.96. The van der Waals surface area contributed by atoms with Gasteiger partial charge in [0, 0.05) is 21.4 Å². The maximum atomic E-state index is 13.4. The molecule has 2 amide bonds. The van der Waals surface area contributed by atoms with E-state index in [2.05, 4.69) is 5.32 Å². The van der Waals surface area contributed by atoms with Crippen LogP contribution < -0.4 is 10.2 Å². The second kappa shape index (κ2) is 8.34. The van der Waals surface area contributed by atoms with Gasteiger partial charge < -0.3 is 5.32 Å².